The zero-order valence-corrected chi connectivity index (χ0v) is 17.3. The molecule has 5 nitrogen and oxygen atoms in total. The number of thioether (sulfide) groups is 2. The van der Waals surface area contributed by atoms with Gasteiger partial charge in [0.1, 0.15) is 0 Å². The fourth-order valence-electron chi connectivity index (χ4n) is 3.19. The summed E-state index contributed by atoms with van der Waals surface area (Å²) in [6.45, 7) is 8.12. The quantitative estimate of drug-likeness (QED) is 0.641. The highest BCUT2D eigenvalue weighted by Gasteiger charge is 2.25. The van der Waals surface area contributed by atoms with Crippen LogP contribution in [-0.2, 0) is 18.3 Å². The first kappa shape index (κ1) is 19.0. The number of aryl methyl sites for hydroxylation is 3. The fourth-order valence-corrected chi connectivity index (χ4v) is 5.12. The van der Waals surface area contributed by atoms with Gasteiger partial charge in [-0.05, 0) is 31.9 Å². The molecule has 138 valence electrons. The zero-order chi connectivity index (χ0) is 19.0. The Kier molecular flexibility index (Phi) is 5.48. The first-order chi connectivity index (χ1) is 12.3. The number of hydrogen-bond acceptors (Lipinski definition) is 5. The number of fused-ring (bicyclic) bond motifs is 1. The lowest BCUT2D eigenvalue weighted by Crippen LogP contribution is -2.23. The van der Waals surface area contributed by atoms with E-state index in [9.17, 15) is 9.59 Å². The van der Waals surface area contributed by atoms with Gasteiger partial charge in [-0.1, -0.05) is 36.4 Å². The molecule has 1 aliphatic heterocycles. The van der Waals surface area contributed by atoms with Crippen LogP contribution in [0.2, 0.25) is 0 Å². The van der Waals surface area contributed by atoms with Crippen molar-refractivity contribution in [1.29, 1.82) is 0 Å². The maximum Gasteiger partial charge on any atom is 0.267 e. The second-order valence-corrected chi connectivity index (χ2v) is 9.17. The van der Waals surface area contributed by atoms with E-state index in [2.05, 4.69) is 29.4 Å². The van der Waals surface area contributed by atoms with Gasteiger partial charge >= 0.3 is 0 Å². The van der Waals surface area contributed by atoms with Gasteiger partial charge in [-0.15, -0.1) is 11.8 Å². The van der Waals surface area contributed by atoms with Gasteiger partial charge in [0, 0.05) is 24.4 Å². The molecule has 1 aromatic heterocycles. The average molecular weight is 390 g/mol. The predicted molar refractivity (Wildman–Crippen MR) is 109 cm³/mol. The number of carbonyl (C=O) groups is 1. The van der Waals surface area contributed by atoms with Crippen molar-refractivity contribution >= 4 is 35.1 Å². The van der Waals surface area contributed by atoms with Crippen molar-refractivity contribution in [2.24, 2.45) is 7.05 Å². The lowest BCUT2D eigenvalue weighted by atomic mass is 10.1. The SMILES string of the molecule is Cc1cc(C)c(NC(=O)CSc2nc3c(c(=O)n2C)S[C@H](C)C3)c(C)c1. The lowest BCUT2D eigenvalue weighted by molar-refractivity contribution is -0.113. The number of rotatable bonds is 4. The molecule has 2 heterocycles. The van der Waals surface area contributed by atoms with E-state index in [0.29, 0.717) is 10.4 Å². The summed E-state index contributed by atoms with van der Waals surface area (Å²) < 4.78 is 1.55. The number of benzene rings is 1. The van der Waals surface area contributed by atoms with Crippen LogP contribution in [0.25, 0.3) is 0 Å². The Morgan fingerprint density at radius 2 is 2.00 bits per heavy atom. The van der Waals surface area contributed by atoms with E-state index in [-0.39, 0.29) is 17.2 Å². The van der Waals surface area contributed by atoms with Crippen LogP contribution in [0.15, 0.2) is 27.0 Å². The molecule has 0 fully saturated rings. The van der Waals surface area contributed by atoms with E-state index < -0.39 is 0 Å². The number of carbonyl (C=O) groups excluding carboxylic acids is 1. The van der Waals surface area contributed by atoms with Gasteiger partial charge in [0.15, 0.2) is 5.16 Å². The van der Waals surface area contributed by atoms with Crippen molar-refractivity contribution in [3.05, 3.63) is 44.9 Å². The first-order valence-electron chi connectivity index (χ1n) is 8.53. The van der Waals surface area contributed by atoms with E-state index in [0.717, 1.165) is 33.8 Å². The Labute approximate surface area is 162 Å². The van der Waals surface area contributed by atoms with Crippen molar-refractivity contribution in [2.45, 2.75) is 49.4 Å². The van der Waals surface area contributed by atoms with Crippen LogP contribution in [0.3, 0.4) is 0 Å². The predicted octanol–water partition coefficient (Wildman–Crippen LogP) is 3.47. The second kappa shape index (κ2) is 7.48. The summed E-state index contributed by atoms with van der Waals surface area (Å²) in [4.78, 5) is 30.2. The van der Waals surface area contributed by atoms with Crippen LogP contribution in [0.1, 0.15) is 29.3 Å². The molecule has 0 spiro atoms. The molecular formula is C19H23N3O2S2. The Balaban J connectivity index is 1.72. The maximum atomic E-state index is 12.5. The zero-order valence-electron chi connectivity index (χ0n) is 15.7. The van der Waals surface area contributed by atoms with E-state index in [4.69, 9.17) is 0 Å². The molecule has 0 radical (unpaired) electrons. The van der Waals surface area contributed by atoms with Crippen molar-refractivity contribution in [3.8, 4) is 0 Å². The molecule has 1 aromatic carbocycles. The van der Waals surface area contributed by atoms with Gasteiger partial charge in [0.05, 0.1) is 16.3 Å². The van der Waals surface area contributed by atoms with Crippen LogP contribution < -0.4 is 10.9 Å². The Morgan fingerprint density at radius 1 is 1.35 bits per heavy atom. The van der Waals surface area contributed by atoms with Crippen LogP contribution >= 0.6 is 23.5 Å². The molecule has 26 heavy (non-hydrogen) atoms. The molecule has 7 heteroatoms. The number of nitrogens with zero attached hydrogens (tertiary/aromatic N) is 2. The molecule has 0 unspecified atom stereocenters. The smallest absolute Gasteiger partial charge is 0.267 e. The molecule has 0 saturated heterocycles. The standard InChI is InChI=1S/C19H23N3O2S2/c1-10-6-11(2)16(12(3)7-10)21-15(23)9-25-19-20-14-8-13(4)26-17(14)18(24)22(19)5/h6-7,13H,8-9H2,1-5H3,(H,21,23)/t13-/m1/s1. The third kappa shape index (κ3) is 3.83. The van der Waals surface area contributed by atoms with Gasteiger partial charge in [-0.3, -0.25) is 14.2 Å². The molecule has 1 atom stereocenters. The summed E-state index contributed by atoms with van der Waals surface area (Å²) in [5.41, 5.74) is 4.99. The molecule has 1 amide bonds. The van der Waals surface area contributed by atoms with Crippen LogP contribution in [0.4, 0.5) is 5.69 Å². The second-order valence-electron chi connectivity index (χ2n) is 6.78. The van der Waals surface area contributed by atoms with Gasteiger partial charge in [0.25, 0.3) is 5.56 Å². The molecular weight excluding hydrogens is 366 g/mol. The summed E-state index contributed by atoms with van der Waals surface area (Å²) in [6.07, 6.45) is 0.803. The average Bonchev–Trinajstić information content (AvgIpc) is 2.93. The maximum absolute atomic E-state index is 12.5. The third-order valence-corrected chi connectivity index (χ3v) is 6.60. The summed E-state index contributed by atoms with van der Waals surface area (Å²) in [7, 11) is 1.72. The minimum Gasteiger partial charge on any atom is -0.325 e. The highest BCUT2D eigenvalue weighted by Crippen LogP contribution is 2.34. The summed E-state index contributed by atoms with van der Waals surface area (Å²) in [5.74, 6) is 0.122. The van der Waals surface area contributed by atoms with E-state index in [1.807, 2.05) is 20.8 Å². The van der Waals surface area contributed by atoms with Crippen molar-refractivity contribution < 1.29 is 4.79 Å². The molecule has 0 bridgehead atoms. The molecule has 3 rings (SSSR count). The molecule has 1 aliphatic rings. The first-order valence-corrected chi connectivity index (χ1v) is 10.4. The summed E-state index contributed by atoms with van der Waals surface area (Å²) >= 11 is 2.89. The van der Waals surface area contributed by atoms with E-state index >= 15 is 0 Å². The Hall–Kier alpha value is -1.73. The van der Waals surface area contributed by atoms with Crippen LogP contribution in [0, 0.1) is 20.8 Å². The largest absolute Gasteiger partial charge is 0.325 e. The molecule has 2 aromatic rings. The third-order valence-electron chi connectivity index (χ3n) is 4.35. The fraction of sp³-hybridized carbons (Fsp3) is 0.421. The van der Waals surface area contributed by atoms with Crippen molar-refractivity contribution in [2.75, 3.05) is 11.1 Å². The minimum atomic E-state index is -0.0949. The monoisotopic (exact) mass is 389 g/mol. The number of amides is 1. The van der Waals surface area contributed by atoms with Crippen LogP contribution in [-0.4, -0.2) is 26.5 Å². The van der Waals surface area contributed by atoms with Gasteiger partial charge in [0.2, 0.25) is 5.91 Å². The van der Waals surface area contributed by atoms with Gasteiger partial charge in [-0.25, -0.2) is 4.98 Å². The number of aromatic nitrogens is 2. The minimum absolute atomic E-state index is 0.0162. The van der Waals surface area contributed by atoms with E-state index in [1.54, 1.807) is 23.4 Å². The normalized spacial score (nSPS) is 15.8. The van der Waals surface area contributed by atoms with Crippen molar-refractivity contribution in [3.63, 3.8) is 0 Å². The molecule has 1 N–H and O–H groups in total. The Morgan fingerprint density at radius 3 is 2.65 bits per heavy atom. The molecule has 0 aliphatic carbocycles. The van der Waals surface area contributed by atoms with E-state index in [1.165, 1.54) is 17.3 Å². The van der Waals surface area contributed by atoms with Crippen LogP contribution in [0.5, 0.6) is 0 Å². The molecule has 0 saturated carbocycles. The number of hydrogen-bond donors (Lipinski definition) is 1. The van der Waals surface area contributed by atoms with Gasteiger partial charge < -0.3 is 5.32 Å². The highest BCUT2D eigenvalue weighted by atomic mass is 32.2. The number of nitrogens with one attached hydrogen (secondary N) is 1. The highest BCUT2D eigenvalue weighted by molar-refractivity contribution is 8.00. The summed E-state index contributed by atoms with van der Waals surface area (Å²) in [5, 5.41) is 3.96. The summed E-state index contributed by atoms with van der Waals surface area (Å²) in [6, 6.07) is 4.11. The lowest BCUT2D eigenvalue weighted by Gasteiger charge is -2.13. The Bertz CT molecular complexity index is 914. The topological polar surface area (TPSA) is 64.0 Å². The number of anilines is 1. The van der Waals surface area contributed by atoms with Gasteiger partial charge in [-0.2, -0.15) is 0 Å². The van der Waals surface area contributed by atoms with Crippen molar-refractivity contribution in [1.82, 2.24) is 9.55 Å².